The third kappa shape index (κ3) is 4.82. The van der Waals surface area contributed by atoms with Crippen molar-refractivity contribution in [2.75, 3.05) is 50.8 Å². The van der Waals surface area contributed by atoms with Crippen molar-refractivity contribution in [3.05, 3.63) is 28.3 Å². The standard InChI is InChI=1S/C16H23N3O5/c1-3-17-6-8-18(9-7-17)14-4-5-16(15(12-14)19(21)22)24-11-10-23-13(2)20/h4-5,12H,3,6-11H2,1-2H3. The molecule has 2 rings (SSSR count). The van der Waals surface area contributed by atoms with Gasteiger partial charge in [0.25, 0.3) is 0 Å². The van der Waals surface area contributed by atoms with Crippen LogP contribution in [0.3, 0.4) is 0 Å². The number of hydrogen-bond donors (Lipinski definition) is 0. The number of nitro benzene ring substituents is 1. The number of benzene rings is 1. The van der Waals surface area contributed by atoms with Gasteiger partial charge in [0.1, 0.15) is 13.2 Å². The number of likely N-dealkylation sites (N-methyl/N-ethyl adjacent to an activating group) is 1. The van der Waals surface area contributed by atoms with E-state index in [0.29, 0.717) is 0 Å². The van der Waals surface area contributed by atoms with E-state index in [1.165, 1.54) is 6.92 Å². The van der Waals surface area contributed by atoms with Crippen LogP contribution >= 0.6 is 0 Å². The summed E-state index contributed by atoms with van der Waals surface area (Å²) in [6.07, 6.45) is 0. The van der Waals surface area contributed by atoms with Gasteiger partial charge in [-0.25, -0.2) is 0 Å². The van der Waals surface area contributed by atoms with E-state index >= 15 is 0 Å². The minimum Gasteiger partial charge on any atom is -0.483 e. The Kier molecular flexibility index (Phi) is 6.36. The number of nitro groups is 1. The quantitative estimate of drug-likeness (QED) is 0.324. The number of carbonyl (C=O) groups is 1. The van der Waals surface area contributed by atoms with Crippen molar-refractivity contribution < 1.29 is 19.2 Å². The van der Waals surface area contributed by atoms with E-state index in [2.05, 4.69) is 16.7 Å². The number of piperazine rings is 1. The van der Waals surface area contributed by atoms with Gasteiger partial charge in [-0.1, -0.05) is 6.92 Å². The summed E-state index contributed by atoms with van der Waals surface area (Å²) in [5, 5.41) is 11.3. The molecule has 0 aromatic heterocycles. The zero-order valence-corrected chi connectivity index (χ0v) is 14.1. The first-order chi connectivity index (χ1) is 11.5. The highest BCUT2D eigenvalue weighted by Crippen LogP contribution is 2.32. The highest BCUT2D eigenvalue weighted by Gasteiger charge is 2.21. The first-order valence-electron chi connectivity index (χ1n) is 8.03. The summed E-state index contributed by atoms with van der Waals surface area (Å²) in [4.78, 5) is 26.0. The summed E-state index contributed by atoms with van der Waals surface area (Å²) in [5.41, 5.74) is 0.748. The molecule has 0 aliphatic carbocycles. The topological polar surface area (TPSA) is 85.2 Å². The molecule has 0 spiro atoms. The van der Waals surface area contributed by atoms with Gasteiger partial charge in [0.05, 0.1) is 4.92 Å². The van der Waals surface area contributed by atoms with Crippen molar-refractivity contribution in [3.63, 3.8) is 0 Å². The molecule has 1 heterocycles. The monoisotopic (exact) mass is 337 g/mol. The third-order valence-electron chi connectivity index (χ3n) is 3.97. The molecule has 1 aliphatic rings. The van der Waals surface area contributed by atoms with Gasteiger partial charge in [-0.2, -0.15) is 0 Å². The second kappa shape index (κ2) is 8.49. The first kappa shape index (κ1) is 18.0. The van der Waals surface area contributed by atoms with Crippen LogP contribution in [0.15, 0.2) is 18.2 Å². The fraction of sp³-hybridized carbons (Fsp3) is 0.562. The fourth-order valence-electron chi connectivity index (χ4n) is 2.63. The van der Waals surface area contributed by atoms with E-state index in [4.69, 9.17) is 9.47 Å². The Morgan fingerprint density at radius 2 is 1.96 bits per heavy atom. The maximum Gasteiger partial charge on any atom is 0.312 e. The molecule has 0 amide bonds. The summed E-state index contributed by atoms with van der Waals surface area (Å²) in [6.45, 7) is 8.18. The molecule has 0 radical (unpaired) electrons. The maximum atomic E-state index is 11.3. The Balaban J connectivity index is 2.03. The lowest BCUT2D eigenvalue weighted by Crippen LogP contribution is -2.46. The van der Waals surface area contributed by atoms with E-state index in [1.54, 1.807) is 12.1 Å². The molecule has 1 aromatic carbocycles. The van der Waals surface area contributed by atoms with E-state index in [-0.39, 0.29) is 24.7 Å². The number of anilines is 1. The van der Waals surface area contributed by atoms with Gasteiger partial charge in [0.15, 0.2) is 5.75 Å². The largest absolute Gasteiger partial charge is 0.483 e. The molecule has 1 aromatic rings. The number of esters is 1. The van der Waals surface area contributed by atoms with Gasteiger partial charge in [0.2, 0.25) is 0 Å². The third-order valence-corrected chi connectivity index (χ3v) is 3.97. The molecular formula is C16H23N3O5. The van der Waals surface area contributed by atoms with Gasteiger partial charge >= 0.3 is 11.7 Å². The SMILES string of the molecule is CCN1CCN(c2ccc(OCCOC(C)=O)c([N+](=O)[O-])c2)CC1. The Morgan fingerprint density at radius 3 is 2.54 bits per heavy atom. The molecule has 8 heteroatoms. The molecule has 0 N–H and O–H groups in total. The average molecular weight is 337 g/mol. The lowest BCUT2D eigenvalue weighted by atomic mass is 10.2. The molecule has 24 heavy (non-hydrogen) atoms. The molecular weight excluding hydrogens is 314 g/mol. The van der Waals surface area contributed by atoms with Crippen molar-refractivity contribution in [3.8, 4) is 5.75 Å². The average Bonchev–Trinajstić information content (AvgIpc) is 2.58. The highest BCUT2D eigenvalue weighted by atomic mass is 16.6. The molecule has 0 saturated carbocycles. The minimum atomic E-state index is -0.451. The maximum absolute atomic E-state index is 11.3. The number of hydrogen-bond acceptors (Lipinski definition) is 7. The summed E-state index contributed by atoms with van der Waals surface area (Å²) in [6, 6.07) is 4.98. The van der Waals surface area contributed by atoms with Crippen LogP contribution in [0.4, 0.5) is 11.4 Å². The zero-order chi connectivity index (χ0) is 17.5. The lowest BCUT2D eigenvalue weighted by molar-refractivity contribution is -0.385. The van der Waals surface area contributed by atoms with Gasteiger partial charge in [-0.05, 0) is 18.7 Å². The van der Waals surface area contributed by atoms with Crippen LogP contribution in [0.25, 0.3) is 0 Å². The van der Waals surface area contributed by atoms with Crippen LogP contribution in [0.2, 0.25) is 0 Å². The molecule has 132 valence electrons. The van der Waals surface area contributed by atoms with Crippen molar-refractivity contribution in [2.24, 2.45) is 0 Å². The smallest absolute Gasteiger partial charge is 0.312 e. The Labute approximate surface area is 141 Å². The summed E-state index contributed by atoms with van der Waals surface area (Å²) in [5.74, 6) is -0.224. The molecule has 1 fully saturated rings. The summed E-state index contributed by atoms with van der Waals surface area (Å²) < 4.78 is 10.1. The van der Waals surface area contributed by atoms with E-state index in [1.807, 2.05) is 6.07 Å². The number of rotatable bonds is 7. The van der Waals surface area contributed by atoms with Crippen LogP contribution in [0, 0.1) is 10.1 Å². The van der Waals surface area contributed by atoms with Gasteiger partial charge in [-0.15, -0.1) is 0 Å². The Hall–Kier alpha value is -2.35. The van der Waals surface area contributed by atoms with E-state index < -0.39 is 10.9 Å². The summed E-state index contributed by atoms with van der Waals surface area (Å²) in [7, 11) is 0. The van der Waals surface area contributed by atoms with Crippen LogP contribution in [-0.4, -0.2) is 61.7 Å². The minimum absolute atomic E-state index is 0.0627. The van der Waals surface area contributed by atoms with Gasteiger partial charge in [0, 0.05) is 44.9 Å². The number of carbonyl (C=O) groups excluding carboxylic acids is 1. The molecule has 0 unspecified atom stereocenters. The van der Waals surface area contributed by atoms with E-state index in [9.17, 15) is 14.9 Å². The molecule has 1 aliphatic heterocycles. The number of nitrogens with zero attached hydrogens (tertiary/aromatic N) is 3. The van der Waals surface area contributed by atoms with Crippen LogP contribution in [0.1, 0.15) is 13.8 Å². The Bertz CT molecular complexity index is 585. The predicted molar refractivity (Wildman–Crippen MR) is 89.6 cm³/mol. The second-order valence-corrected chi connectivity index (χ2v) is 5.52. The predicted octanol–water partition coefficient (Wildman–Crippen LogP) is 1.68. The van der Waals surface area contributed by atoms with Crippen molar-refractivity contribution in [1.82, 2.24) is 4.90 Å². The van der Waals surface area contributed by atoms with E-state index in [0.717, 1.165) is 38.4 Å². The second-order valence-electron chi connectivity index (χ2n) is 5.52. The molecule has 0 bridgehead atoms. The number of ether oxygens (including phenoxy) is 2. The summed E-state index contributed by atoms with van der Waals surface area (Å²) >= 11 is 0. The molecule has 8 nitrogen and oxygen atoms in total. The normalized spacial score (nSPS) is 15.2. The van der Waals surface area contributed by atoms with Gasteiger partial charge in [-0.3, -0.25) is 14.9 Å². The highest BCUT2D eigenvalue weighted by molar-refractivity contribution is 5.65. The lowest BCUT2D eigenvalue weighted by Gasteiger charge is -2.35. The van der Waals surface area contributed by atoms with Gasteiger partial charge < -0.3 is 19.3 Å². The van der Waals surface area contributed by atoms with Crippen LogP contribution < -0.4 is 9.64 Å². The van der Waals surface area contributed by atoms with Crippen molar-refractivity contribution >= 4 is 17.3 Å². The van der Waals surface area contributed by atoms with Crippen molar-refractivity contribution in [1.29, 1.82) is 0 Å². The Morgan fingerprint density at radius 1 is 1.25 bits per heavy atom. The first-order valence-corrected chi connectivity index (χ1v) is 8.03. The fourth-order valence-corrected chi connectivity index (χ4v) is 2.63. The van der Waals surface area contributed by atoms with Crippen LogP contribution in [0.5, 0.6) is 5.75 Å². The van der Waals surface area contributed by atoms with Crippen molar-refractivity contribution in [2.45, 2.75) is 13.8 Å². The zero-order valence-electron chi connectivity index (χ0n) is 14.1. The van der Waals surface area contributed by atoms with Crippen LogP contribution in [-0.2, 0) is 9.53 Å². The molecule has 0 atom stereocenters. The molecule has 1 saturated heterocycles.